The average molecular weight is 151 g/mol. The monoisotopic (exact) mass is 151 g/mol. The van der Waals surface area contributed by atoms with Crippen molar-refractivity contribution < 1.29 is 0 Å². The van der Waals surface area contributed by atoms with E-state index in [-0.39, 0.29) is 0 Å². The molecule has 62 valence electrons. The molecular formula is C10H17N. The van der Waals surface area contributed by atoms with Gasteiger partial charge in [0.15, 0.2) is 0 Å². The summed E-state index contributed by atoms with van der Waals surface area (Å²) in [4.78, 5) is 2.62. The molecule has 0 amide bonds. The van der Waals surface area contributed by atoms with E-state index in [1.54, 1.807) is 0 Å². The van der Waals surface area contributed by atoms with Gasteiger partial charge in [0.05, 0.1) is 0 Å². The topological polar surface area (TPSA) is 3.24 Å². The van der Waals surface area contributed by atoms with E-state index >= 15 is 0 Å². The Labute approximate surface area is 69.1 Å². The van der Waals surface area contributed by atoms with Crippen molar-refractivity contribution >= 4 is 0 Å². The van der Waals surface area contributed by atoms with Crippen LogP contribution in [-0.4, -0.2) is 24.0 Å². The van der Waals surface area contributed by atoms with Gasteiger partial charge in [-0.25, -0.2) is 0 Å². The molecule has 0 saturated carbocycles. The highest BCUT2D eigenvalue weighted by Gasteiger charge is 2.24. The van der Waals surface area contributed by atoms with Crippen LogP contribution in [-0.2, 0) is 0 Å². The summed E-state index contributed by atoms with van der Waals surface area (Å²) in [5.41, 5.74) is 0. The summed E-state index contributed by atoms with van der Waals surface area (Å²) < 4.78 is 0. The Morgan fingerprint density at radius 1 is 1.36 bits per heavy atom. The van der Waals surface area contributed by atoms with E-state index in [1.165, 1.54) is 32.4 Å². The van der Waals surface area contributed by atoms with Gasteiger partial charge in [-0.15, -0.1) is 0 Å². The molecule has 2 heterocycles. The van der Waals surface area contributed by atoms with E-state index in [0.29, 0.717) is 0 Å². The first kappa shape index (κ1) is 7.35. The molecule has 1 nitrogen and oxygen atoms in total. The second-order valence-corrected chi connectivity index (χ2v) is 3.95. The molecule has 0 aromatic carbocycles. The second-order valence-electron chi connectivity index (χ2n) is 3.95. The van der Waals surface area contributed by atoms with Crippen molar-refractivity contribution in [2.24, 2.45) is 5.92 Å². The Hall–Kier alpha value is -0.300. The third-order valence-electron chi connectivity index (χ3n) is 2.96. The number of hydrogen-bond donors (Lipinski definition) is 0. The lowest BCUT2D eigenvalue weighted by atomic mass is 9.90. The van der Waals surface area contributed by atoms with Crippen LogP contribution in [0.5, 0.6) is 0 Å². The first-order valence-corrected chi connectivity index (χ1v) is 4.77. The van der Waals surface area contributed by atoms with E-state index in [2.05, 4.69) is 24.0 Å². The molecule has 1 saturated heterocycles. The van der Waals surface area contributed by atoms with Crippen molar-refractivity contribution in [3.8, 4) is 0 Å². The van der Waals surface area contributed by atoms with Gasteiger partial charge in [-0.1, -0.05) is 19.1 Å². The number of fused-ring (bicyclic) bond motifs is 1. The van der Waals surface area contributed by atoms with Crippen molar-refractivity contribution in [1.82, 2.24) is 4.90 Å². The highest BCUT2D eigenvalue weighted by molar-refractivity contribution is 5.01. The standard InChI is InChI=1S/C10H17N/c1-9-5-7-11-6-3-2-4-10(11)8-9/h2,4,9-10H,3,5-8H2,1H3. The zero-order chi connectivity index (χ0) is 7.68. The van der Waals surface area contributed by atoms with Crippen LogP contribution in [0.4, 0.5) is 0 Å². The first-order chi connectivity index (χ1) is 5.36. The number of rotatable bonds is 0. The van der Waals surface area contributed by atoms with Gasteiger partial charge in [-0.05, 0) is 31.7 Å². The number of nitrogens with zero attached hydrogens (tertiary/aromatic N) is 1. The minimum atomic E-state index is 0.785. The van der Waals surface area contributed by atoms with Gasteiger partial charge in [-0.3, -0.25) is 4.90 Å². The first-order valence-electron chi connectivity index (χ1n) is 4.77. The van der Waals surface area contributed by atoms with E-state index in [0.717, 1.165) is 12.0 Å². The predicted molar refractivity (Wildman–Crippen MR) is 47.5 cm³/mol. The molecule has 0 aromatic heterocycles. The van der Waals surface area contributed by atoms with Gasteiger partial charge in [0, 0.05) is 12.6 Å². The molecule has 0 aromatic rings. The summed E-state index contributed by atoms with van der Waals surface area (Å²) in [6, 6.07) is 0.785. The lowest BCUT2D eigenvalue weighted by molar-refractivity contribution is 0.142. The van der Waals surface area contributed by atoms with Crippen LogP contribution in [0.3, 0.4) is 0 Å². The maximum absolute atomic E-state index is 2.62. The largest absolute Gasteiger partial charge is 0.297 e. The third kappa shape index (κ3) is 1.48. The Balaban J connectivity index is 2.03. The molecule has 2 rings (SSSR count). The molecule has 1 heteroatoms. The van der Waals surface area contributed by atoms with Crippen molar-refractivity contribution in [1.29, 1.82) is 0 Å². The van der Waals surface area contributed by atoms with Crippen molar-refractivity contribution in [2.75, 3.05) is 13.1 Å². The van der Waals surface area contributed by atoms with Crippen LogP contribution in [0.15, 0.2) is 12.2 Å². The second kappa shape index (κ2) is 2.98. The van der Waals surface area contributed by atoms with Crippen LogP contribution >= 0.6 is 0 Å². The molecule has 1 fully saturated rings. The molecule has 11 heavy (non-hydrogen) atoms. The van der Waals surface area contributed by atoms with Gasteiger partial charge >= 0.3 is 0 Å². The average Bonchev–Trinajstić information content (AvgIpc) is 2.04. The highest BCUT2D eigenvalue weighted by atomic mass is 15.2. The molecule has 2 aliphatic heterocycles. The van der Waals surface area contributed by atoms with Crippen LogP contribution in [0, 0.1) is 5.92 Å². The Kier molecular flexibility index (Phi) is 1.99. The minimum Gasteiger partial charge on any atom is -0.297 e. The van der Waals surface area contributed by atoms with Gasteiger partial charge in [-0.2, -0.15) is 0 Å². The summed E-state index contributed by atoms with van der Waals surface area (Å²) in [6.07, 6.45) is 8.81. The maximum Gasteiger partial charge on any atom is 0.0280 e. The summed E-state index contributed by atoms with van der Waals surface area (Å²) in [6.45, 7) is 5.00. The van der Waals surface area contributed by atoms with Crippen molar-refractivity contribution in [3.05, 3.63) is 12.2 Å². The molecule has 0 bridgehead atoms. The van der Waals surface area contributed by atoms with E-state index in [4.69, 9.17) is 0 Å². The van der Waals surface area contributed by atoms with Crippen molar-refractivity contribution in [2.45, 2.75) is 32.2 Å². The van der Waals surface area contributed by atoms with Crippen LogP contribution in [0.25, 0.3) is 0 Å². The van der Waals surface area contributed by atoms with E-state index in [9.17, 15) is 0 Å². The summed E-state index contributed by atoms with van der Waals surface area (Å²) in [7, 11) is 0. The van der Waals surface area contributed by atoms with Crippen LogP contribution in [0.2, 0.25) is 0 Å². The van der Waals surface area contributed by atoms with E-state index in [1.807, 2.05) is 0 Å². The normalized spacial score (nSPS) is 38.6. The Morgan fingerprint density at radius 2 is 2.27 bits per heavy atom. The Morgan fingerprint density at radius 3 is 3.18 bits per heavy atom. The van der Waals surface area contributed by atoms with Crippen LogP contribution in [0.1, 0.15) is 26.2 Å². The molecule has 2 aliphatic rings. The smallest absolute Gasteiger partial charge is 0.0280 e. The van der Waals surface area contributed by atoms with Gasteiger partial charge in [0.1, 0.15) is 0 Å². The van der Waals surface area contributed by atoms with Gasteiger partial charge < -0.3 is 0 Å². The quantitative estimate of drug-likeness (QED) is 0.479. The molecule has 0 N–H and O–H groups in total. The highest BCUT2D eigenvalue weighted by Crippen LogP contribution is 2.25. The third-order valence-corrected chi connectivity index (χ3v) is 2.96. The minimum absolute atomic E-state index is 0.785. The van der Waals surface area contributed by atoms with Gasteiger partial charge in [0.25, 0.3) is 0 Å². The fourth-order valence-corrected chi connectivity index (χ4v) is 2.20. The summed E-state index contributed by atoms with van der Waals surface area (Å²) in [5, 5.41) is 0. The van der Waals surface area contributed by atoms with E-state index < -0.39 is 0 Å². The summed E-state index contributed by atoms with van der Waals surface area (Å²) >= 11 is 0. The molecular weight excluding hydrogens is 134 g/mol. The van der Waals surface area contributed by atoms with Crippen molar-refractivity contribution in [3.63, 3.8) is 0 Å². The fourth-order valence-electron chi connectivity index (χ4n) is 2.20. The molecule has 2 atom stereocenters. The predicted octanol–water partition coefficient (Wildman–Crippen LogP) is 2.05. The lowest BCUT2D eigenvalue weighted by Gasteiger charge is -2.38. The number of piperidine rings is 1. The molecule has 0 spiro atoms. The Bertz CT molecular complexity index is 162. The molecule has 2 unspecified atom stereocenters. The number of hydrogen-bond acceptors (Lipinski definition) is 1. The maximum atomic E-state index is 2.62. The molecule has 0 radical (unpaired) electrons. The zero-order valence-corrected chi connectivity index (χ0v) is 7.29. The molecule has 0 aliphatic carbocycles. The zero-order valence-electron chi connectivity index (χ0n) is 7.29. The lowest BCUT2D eigenvalue weighted by Crippen LogP contribution is -2.42. The van der Waals surface area contributed by atoms with Crippen LogP contribution < -0.4 is 0 Å². The summed E-state index contributed by atoms with van der Waals surface area (Å²) in [5.74, 6) is 0.944. The SMILES string of the molecule is CC1CCN2CCC=CC2C1. The fraction of sp³-hybridized carbons (Fsp3) is 0.800. The van der Waals surface area contributed by atoms with Gasteiger partial charge in [0.2, 0.25) is 0 Å².